The highest BCUT2D eigenvalue weighted by atomic mass is 16.7. The van der Waals surface area contributed by atoms with Crippen molar-refractivity contribution in [2.75, 3.05) is 26.4 Å². The van der Waals surface area contributed by atoms with Gasteiger partial charge in [-0.2, -0.15) is 0 Å². The molecular weight excluding hydrogens is 384 g/mol. The molecule has 8 nitrogen and oxygen atoms in total. The maximum Gasteiger partial charge on any atom is 0.309 e. The van der Waals surface area contributed by atoms with Gasteiger partial charge in [0.15, 0.2) is 11.5 Å². The van der Waals surface area contributed by atoms with Gasteiger partial charge in [-0.1, -0.05) is 12.1 Å². The topological polar surface area (TPSA) is 92.8 Å². The van der Waals surface area contributed by atoms with E-state index in [9.17, 15) is 9.59 Å². The summed E-state index contributed by atoms with van der Waals surface area (Å²) in [5.41, 5.74) is 1.92. The van der Waals surface area contributed by atoms with Crippen LogP contribution in [0.4, 0.5) is 0 Å². The second kappa shape index (κ2) is 9.58. The smallest absolute Gasteiger partial charge is 0.309 e. The number of amides is 2. The first-order chi connectivity index (χ1) is 14.7. The summed E-state index contributed by atoms with van der Waals surface area (Å²) >= 11 is 0. The van der Waals surface area contributed by atoms with Gasteiger partial charge < -0.3 is 20.1 Å². The van der Waals surface area contributed by atoms with Crippen LogP contribution in [0.1, 0.15) is 24.1 Å². The van der Waals surface area contributed by atoms with Crippen molar-refractivity contribution >= 4 is 11.8 Å². The van der Waals surface area contributed by atoms with Crippen LogP contribution in [-0.2, 0) is 22.7 Å². The lowest BCUT2D eigenvalue weighted by molar-refractivity contribution is -0.139. The number of hydrogen-bond acceptors (Lipinski definition) is 6. The van der Waals surface area contributed by atoms with Crippen molar-refractivity contribution < 1.29 is 19.1 Å². The van der Waals surface area contributed by atoms with E-state index in [2.05, 4.69) is 20.5 Å². The van der Waals surface area contributed by atoms with E-state index in [1.165, 1.54) is 0 Å². The van der Waals surface area contributed by atoms with Crippen molar-refractivity contribution in [3.63, 3.8) is 0 Å². The third-order valence-electron chi connectivity index (χ3n) is 5.47. The number of piperidine rings is 1. The number of carbonyl (C=O) groups excluding carboxylic acids is 2. The molecule has 0 saturated carbocycles. The van der Waals surface area contributed by atoms with Gasteiger partial charge in [0, 0.05) is 25.8 Å². The summed E-state index contributed by atoms with van der Waals surface area (Å²) in [5, 5.41) is 5.42. The first-order valence-corrected chi connectivity index (χ1v) is 10.2. The number of nitrogens with one attached hydrogen (secondary N) is 2. The molecule has 0 bridgehead atoms. The van der Waals surface area contributed by atoms with Gasteiger partial charge in [-0.3, -0.25) is 19.5 Å². The van der Waals surface area contributed by atoms with Gasteiger partial charge in [-0.15, -0.1) is 0 Å². The van der Waals surface area contributed by atoms with Gasteiger partial charge in [-0.05, 0) is 61.7 Å². The number of carbonyl (C=O) groups is 2. The van der Waals surface area contributed by atoms with Crippen LogP contribution in [0.25, 0.3) is 0 Å². The Morgan fingerprint density at radius 3 is 2.63 bits per heavy atom. The summed E-state index contributed by atoms with van der Waals surface area (Å²) in [6.45, 7) is 3.77. The molecule has 1 aromatic carbocycles. The van der Waals surface area contributed by atoms with Crippen molar-refractivity contribution in [1.82, 2.24) is 20.5 Å². The largest absolute Gasteiger partial charge is 0.454 e. The fourth-order valence-corrected chi connectivity index (χ4v) is 3.70. The normalized spacial score (nSPS) is 16.3. The Morgan fingerprint density at radius 1 is 1.03 bits per heavy atom. The Kier molecular flexibility index (Phi) is 6.44. The summed E-state index contributed by atoms with van der Waals surface area (Å²) in [6, 6.07) is 11.4. The molecule has 0 aliphatic carbocycles. The molecule has 8 heteroatoms. The van der Waals surface area contributed by atoms with Crippen LogP contribution in [0.5, 0.6) is 11.5 Å². The number of nitrogens with zero attached hydrogens (tertiary/aromatic N) is 2. The fourth-order valence-electron chi connectivity index (χ4n) is 3.70. The van der Waals surface area contributed by atoms with E-state index in [1.807, 2.05) is 30.5 Å². The second-order valence-corrected chi connectivity index (χ2v) is 7.62. The van der Waals surface area contributed by atoms with Crippen LogP contribution in [0.3, 0.4) is 0 Å². The average molecular weight is 410 g/mol. The van der Waals surface area contributed by atoms with Crippen LogP contribution < -0.4 is 20.1 Å². The van der Waals surface area contributed by atoms with Crippen LogP contribution in [0, 0.1) is 5.92 Å². The Bertz CT molecular complexity index is 882. The molecule has 2 aliphatic rings. The van der Waals surface area contributed by atoms with Gasteiger partial charge in [0.2, 0.25) is 6.79 Å². The first-order valence-electron chi connectivity index (χ1n) is 10.2. The standard InChI is InChI=1S/C22H26N4O4/c27-21(22(28)25-13-17-4-5-19-20(11-17)30-15-29-19)24-12-16-6-9-26(10-7-16)14-18-3-1-2-8-23-18/h1-5,8,11,16H,6-7,9-10,12-15H2,(H,24,27)(H,25,28). The number of fused-ring (bicyclic) bond motifs is 1. The van der Waals surface area contributed by atoms with E-state index < -0.39 is 11.8 Å². The molecule has 1 saturated heterocycles. The highest BCUT2D eigenvalue weighted by Gasteiger charge is 2.22. The molecule has 158 valence electrons. The van der Waals surface area contributed by atoms with Crippen LogP contribution >= 0.6 is 0 Å². The number of likely N-dealkylation sites (tertiary alicyclic amines) is 1. The lowest BCUT2D eigenvalue weighted by Gasteiger charge is -2.31. The molecule has 1 aromatic heterocycles. The first kappa shape index (κ1) is 20.2. The minimum atomic E-state index is -0.625. The summed E-state index contributed by atoms with van der Waals surface area (Å²) in [5.74, 6) is 0.511. The molecule has 2 aliphatic heterocycles. The van der Waals surface area contributed by atoms with Crippen molar-refractivity contribution in [2.45, 2.75) is 25.9 Å². The lowest BCUT2D eigenvalue weighted by Crippen LogP contribution is -2.43. The molecule has 2 aromatic rings. The monoisotopic (exact) mass is 410 g/mol. The van der Waals surface area contributed by atoms with Crippen molar-refractivity contribution in [3.05, 3.63) is 53.9 Å². The van der Waals surface area contributed by atoms with E-state index in [0.717, 1.165) is 43.7 Å². The zero-order valence-corrected chi connectivity index (χ0v) is 16.8. The van der Waals surface area contributed by atoms with Crippen molar-refractivity contribution in [3.8, 4) is 11.5 Å². The van der Waals surface area contributed by atoms with E-state index in [1.54, 1.807) is 12.1 Å². The highest BCUT2D eigenvalue weighted by Crippen LogP contribution is 2.32. The number of ether oxygens (including phenoxy) is 2. The Hall–Kier alpha value is -3.13. The molecule has 4 rings (SSSR count). The van der Waals surface area contributed by atoms with E-state index in [-0.39, 0.29) is 13.3 Å². The van der Waals surface area contributed by atoms with Gasteiger partial charge in [-0.25, -0.2) is 0 Å². The third kappa shape index (κ3) is 5.27. The predicted molar refractivity (Wildman–Crippen MR) is 110 cm³/mol. The third-order valence-corrected chi connectivity index (χ3v) is 5.47. The van der Waals surface area contributed by atoms with E-state index in [0.29, 0.717) is 24.0 Å². The van der Waals surface area contributed by atoms with Gasteiger partial charge in [0.05, 0.1) is 5.69 Å². The predicted octanol–water partition coefficient (Wildman–Crippen LogP) is 1.45. The highest BCUT2D eigenvalue weighted by molar-refractivity contribution is 6.35. The van der Waals surface area contributed by atoms with Gasteiger partial charge in [0.1, 0.15) is 0 Å². The lowest BCUT2D eigenvalue weighted by atomic mass is 9.96. The second-order valence-electron chi connectivity index (χ2n) is 7.62. The summed E-state index contributed by atoms with van der Waals surface area (Å²) < 4.78 is 10.6. The summed E-state index contributed by atoms with van der Waals surface area (Å²) in [6.07, 6.45) is 3.80. The number of hydrogen-bond donors (Lipinski definition) is 2. The molecule has 1 fully saturated rings. The molecule has 3 heterocycles. The Morgan fingerprint density at radius 2 is 1.83 bits per heavy atom. The number of rotatable bonds is 6. The SMILES string of the molecule is O=C(NCc1ccc2c(c1)OCO2)C(=O)NCC1CCN(Cc2ccccn2)CC1. The minimum Gasteiger partial charge on any atom is -0.454 e. The zero-order chi connectivity index (χ0) is 20.8. The van der Waals surface area contributed by atoms with Gasteiger partial charge in [0.25, 0.3) is 0 Å². The Labute approximate surface area is 175 Å². The maximum atomic E-state index is 12.1. The fraction of sp³-hybridized carbons (Fsp3) is 0.409. The number of pyridine rings is 1. The Balaban J connectivity index is 1.14. The molecular formula is C22H26N4O4. The zero-order valence-electron chi connectivity index (χ0n) is 16.8. The minimum absolute atomic E-state index is 0.204. The molecule has 2 amide bonds. The molecule has 2 N–H and O–H groups in total. The maximum absolute atomic E-state index is 12.1. The van der Waals surface area contributed by atoms with Crippen LogP contribution in [0.2, 0.25) is 0 Å². The average Bonchev–Trinajstić information content (AvgIpc) is 3.25. The van der Waals surface area contributed by atoms with Gasteiger partial charge >= 0.3 is 11.8 Å². The molecule has 0 atom stereocenters. The van der Waals surface area contributed by atoms with Crippen LogP contribution in [0.15, 0.2) is 42.6 Å². The number of aromatic nitrogens is 1. The van der Waals surface area contributed by atoms with Crippen LogP contribution in [-0.4, -0.2) is 48.1 Å². The van der Waals surface area contributed by atoms with Crippen molar-refractivity contribution in [1.29, 1.82) is 0 Å². The van der Waals surface area contributed by atoms with Crippen molar-refractivity contribution in [2.24, 2.45) is 5.92 Å². The van der Waals surface area contributed by atoms with E-state index >= 15 is 0 Å². The number of benzene rings is 1. The molecule has 0 radical (unpaired) electrons. The molecule has 0 spiro atoms. The molecule has 30 heavy (non-hydrogen) atoms. The molecule has 0 unspecified atom stereocenters. The quantitative estimate of drug-likeness (QED) is 0.701. The van der Waals surface area contributed by atoms with E-state index in [4.69, 9.17) is 9.47 Å². The summed E-state index contributed by atoms with van der Waals surface area (Å²) in [4.78, 5) is 30.9. The summed E-state index contributed by atoms with van der Waals surface area (Å²) in [7, 11) is 0.